The standard InChI is InChI=1S/C23H27N3O5/c1-16(2)25-20(27)13-24-21(28)15-31-23(30)19-12-8-7-11-18(19)22(29)26(3)14-17-9-5-4-6-10-17/h4-12,16H,13-15H2,1-3H3,(H,24,28)(H,25,27). The first-order valence-corrected chi connectivity index (χ1v) is 9.89. The Bertz CT molecular complexity index is 928. The SMILES string of the molecule is CC(C)NC(=O)CNC(=O)COC(=O)c1ccccc1C(=O)N(C)Cc1ccccc1. The van der Waals surface area contributed by atoms with Crippen molar-refractivity contribution >= 4 is 23.7 Å². The Morgan fingerprint density at radius 3 is 2.16 bits per heavy atom. The zero-order chi connectivity index (χ0) is 22.8. The van der Waals surface area contributed by atoms with Gasteiger partial charge in [0.15, 0.2) is 6.61 Å². The Hall–Kier alpha value is -3.68. The molecule has 3 amide bonds. The fourth-order valence-corrected chi connectivity index (χ4v) is 2.79. The summed E-state index contributed by atoms with van der Waals surface area (Å²) in [6.45, 7) is 3.21. The molecule has 0 radical (unpaired) electrons. The Morgan fingerprint density at radius 2 is 1.52 bits per heavy atom. The highest BCUT2D eigenvalue weighted by Gasteiger charge is 2.21. The van der Waals surface area contributed by atoms with Crippen LogP contribution in [0.5, 0.6) is 0 Å². The molecule has 164 valence electrons. The molecule has 0 saturated carbocycles. The van der Waals surface area contributed by atoms with Gasteiger partial charge in [-0.25, -0.2) is 4.79 Å². The molecule has 0 bridgehead atoms. The van der Waals surface area contributed by atoms with Crippen LogP contribution in [0.15, 0.2) is 54.6 Å². The van der Waals surface area contributed by atoms with E-state index in [0.717, 1.165) is 5.56 Å². The lowest BCUT2D eigenvalue weighted by Crippen LogP contribution is -2.41. The maximum Gasteiger partial charge on any atom is 0.339 e. The molecular weight excluding hydrogens is 398 g/mol. The molecule has 2 rings (SSSR count). The molecule has 31 heavy (non-hydrogen) atoms. The smallest absolute Gasteiger partial charge is 0.339 e. The molecule has 0 aliphatic carbocycles. The topological polar surface area (TPSA) is 105 Å². The minimum atomic E-state index is -0.793. The third-order valence-corrected chi connectivity index (χ3v) is 4.22. The van der Waals surface area contributed by atoms with Crippen molar-refractivity contribution in [1.29, 1.82) is 0 Å². The lowest BCUT2D eigenvalue weighted by molar-refractivity contribution is -0.128. The molecule has 0 aliphatic rings. The van der Waals surface area contributed by atoms with E-state index in [9.17, 15) is 19.2 Å². The van der Waals surface area contributed by atoms with Gasteiger partial charge in [0.05, 0.1) is 17.7 Å². The monoisotopic (exact) mass is 425 g/mol. The van der Waals surface area contributed by atoms with E-state index < -0.39 is 18.5 Å². The van der Waals surface area contributed by atoms with Gasteiger partial charge < -0.3 is 20.3 Å². The number of benzene rings is 2. The molecule has 2 N–H and O–H groups in total. The van der Waals surface area contributed by atoms with Crippen LogP contribution in [0.25, 0.3) is 0 Å². The Balaban J connectivity index is 1.95. The number of carbonyl (C=O) groups excluding carboxylic acids is 4. The second kappa shape index (κ2) is 11.5. The summed E-state index contributed by atoms with van der Waals surface area (Å²) in [6.07, 6.45) is 0. The normalized spacial score (nSPS) is 10.3. The number of esters is 1. The molecule has 8 heteroatoms. The van der Waals surface area contributed by atoms with E-state index in [1.54, 1.807) is 33.0 Å². The molecule has 0 saturated heterocycles. The minimum absolute atomic E-state index is 0.0451. The fraction of sp³-hybridized carbons (Fsp3) is 0.304. The van der Waals surface area contributed by atoms with E-state index >= 15 is 0 Å². The van der Waals surface area contributed by atoms with E-state index in [1.807, 2.05) is 30.3 Å². The number of nitrogens with zero attached hydrogens (tertiary/aromatic N) is 1. The van der Waals surface area contributed by atoms with E-state index in [4.69, 9.17) is 4.74 Å². The van der Waals surface area contributed by atoms with Gasteiger partial charge in [-0.3, -0.25) is 14.4 Å². The first-order chi connectivity index (χ1) is 14.8. The molecule has 0 aliphatic heterocycles. The molecule has 2 aromatic rings. The maximum atomic E-state index is 12.9. The van der Waals surface area contributed by atoms with Gasteiger partial charge in [0.1, 0.15) is 0 Å². The van der Waals surface area contributed by atoms with E-state index in [0.29, 0.717) is 6.54 Å². The fourth-order valence-electron chi connectivity index (χ4n) is 2.79. The predicted molar refractivity (Wildman–Crippen MR) is 115 cm³/mol. The first kappa shape index (κ1) is 23.6. The van der Waals surface area contributed by atoms with Crippen molar-refractivity contribution in [2.75, 3.05) is 20.2 Å². The van der Waals surface area contributed by atoms with Crippen LogP contribution in [0.4, 0.5) is 0 Å². The summed E-state index contributed by atoms with van der Waals surface area (Å²) >= 11 is 0. The Labute approximate surface area is 181 Å². The maximum absolute atomic E-state index is 12.9. The van der Waals surface area contributed by atoms with Crippen molar-refractivity contribution in [2.24, 2.45) is 0 Å². The van der Waals surface area contributed by atoms with Crippen LogP contribution >= 0.6 is 0 Å². The molecule has 2 aromatic carbocycles. The summed E-state index contributed by atoms with van der Waals surface area (Å²) in [6, 6.07) is 15.7. The summed E-state index contributed by atoms with van der Waals surface area (Å²) < 4.78 is 5.04. The molecule has 0 aromatic heterocycles. The van der Waals surface area contributed by atoms with Gasteiger partial charge in [0, 0.05) is 19.6 Å². The van der Waals surface area contributed by atoms with Crippen molar-refractivity contribution < 1.29 is 23.9 Å². The van der Waals surface area contributed by atoms with Crippen molar-refractivity contribution in [3.8, 4) is 0 Å². The van der Waals surface area contributed by atoms with Gasteiger partial charge in [-0.15, -0.1) is 0 Å². The molecule has 0 heterocycles. The highest BCUT2D eigenvalue weighted by molar-refractivity contribution is 6.05. The zero-order valence-corrected chi connectivity index (χ0v) is 17.9. The second-order valence-electron chi connectivity index (χ2n) is 7.27. The molecular formula is C23H27N3O5. The number of amides is 3. The van der Waals surface area contributed by atoms with Gasteiger partial charge in [-0.05, 0) is 31.5 Å². The second-order valence-corrected chi connectivity index (χ2v) is 7.27. The lowest BCUT2D eigenvalue weighted by Gasteiger charge is -2.19. The highest BCUT2D eigenvalue weighted by Crippen LogP contribution is 2.14. The van der Waals surface area contributed by atoms with Gasteiger partial charge in [-0.2, -0.15) is 0 Å². The number of carbonyl (C=O) groups is 4. The lowest BCUT2D eigenvalue weighted by atomic mass is 10.1. The van der Waals surface area contributed by atoms with Crippen LogP contribution in [0.3, 0.4) is 0 Å². The van der Waals surface area contributed by atoms with Crippen LogP contribution in [0, 0.1) is 0 Å². The summed E-state index contributed by atoms with van der Waals surface area (Å²) in [5, 5.41) is 5.01. The van der Waals surface area contributed by atoms with E-state index in [1.165, 1.54) is 17.0 Å². The number of ether oxygens (including phenoxy) is 1. The number of nitrogens with one attached hydrogen (secondary N) is 2. The van der Waals surface area contributed by atoms with Gasteiger partial charge in [-0.1, -0.05) is 42.5 Å². The number of hydrogen-bond donors (Lipinski definition) is 2. The van der Waals surface area contributed by atoms with Crippen LogP contribution in [0.1, 0.15) is 40.1 Å². The quantitative estimate of drug-likeness (QED) is 0.596. The van der Waals surface area contributed by atoms with Crippen molar-refractivity contribution in [2.45, 2.75) is 26.4 Å². The zero-order valence-electron chi connectivity index (χ0n) is 17.9. The van der Waals surface area contributed by atoms with Crippen LogP contribution in [-0.4, -0.2) is 54.8 Å². The minimum Gasteiger partial charge on any atom is -0.452 e. The molecule has 8 nitrogen and oxygen atoms in total. The molecule has 0 atom stereocenters. The van der Waals surface area contributed by atoms with Gasteiger partial charge >= 0.3 is 5.97 Å². The van der Waals surface area contributed by atoms with Crippen molar-refractivity contribution in [3.05, 3.63) is 71.3 Å². The van der Waals surface area contributed by atoms with Crippen LogP contribution in [0.2, 0.25) is 0 Å². The summed E-state index contributed by atoms with van der Waals surface area (Å²) in [4.78, 5) is 50.3. The molecule has 0 fully saturated rings. The van der Waals surface area contributed by atoms with E-state index in [-0.39, 0.29) is 35.5 Å². The van der Waals surface area contributed by atoms with E-state index in [2.05, 4.69) is 10.6 Å². The van der Waals surface area contributed by atoms with Crippen molar-refractivity contribution in [1.82, 2.24) is 15.5 Å². The largest absolute Gasteiger partial charge is 0.452 e. The predicted octanol–water partition coefficient (Wildman–Crippen LogP) is 1.76. The number of hydrogen-bond acceptors (Lipinski definition) is 5. The summed E-state index contributed by atoms with van der Waals surface area (Å²) in [5.74, 6) is -2.09. The van der Waals surface area contributed by atoms with Gasteiger partial charge in [0.2, 0.25) is 5.91 Å². The first-order valence-electron chi connectivity index (χ1n) is 9.89. The summed E-state index contributed by atoms with van der Waals surface area (Å²) in [7, 11) is 1.65. The van der Waals surface area contributed by atoms with Crippen LogP contribution < -0.4 is 10.6 Å². The average Bonchev–Trinajstić information content (AvgIpc) is 2.75. The van der Waals surface area contributed by atoms with Crippen LogP contribution in [-0.2, 0) is 20.9 Å². The highest BCUT2D eigenvalue weighted by atomic mass is 16.5. The summed E-state index contributed by atoms with van der Waals surface area (Å²) in [5.41, 5.74) is 1.21. The molecule has 0 spiro atoms. The Kier molecular flexibility index (Phi) is 8.75. The van der Waals surface area contributed by atoms with Crippen molar-refractivity contribution in [3.63, 3.8) is 0 Å². The number of rotatable bonds is 9. The average molecular weight is 425 g/mol. The molecule has 0 unspecified atom stereocenters. The van der Waals surface area contributed by atoms with Gasteiger partial charge in [0.25, 0.3) is 11.8 Å². The third-order valence-electron chi connectivity index (χ3n) is 4.22. The Morgan fingerprint density at radius 1 is 0.903 bits per heavy atom. The third kappa shape index (κ3) is 7.58.